The number of anilines is 1. The molecule has 134 valence electrons. The molecule has 3 aromatic rings. The Balaban J connectivity index is 1.36. The molecule has 1 aliphatic carbocycles. The number of benzene rings is 1. The molecule has 0 bridgehead atoms. The third-order valence-corrected chi connectivity index (χ3v) is 6.02. The van der Waals surface area contributed by atoms with Gasteiger partial charge in [0.1, 0.15) is 5.82 Å². The van der Waals surface area contributed by atoms with E-state index < -0.39 is 0 Å². The summed E-state index contributed by atoms with van der Waals surface area (Å²) in [6.45, 7) is 4.46. The number of fused-ring (bicyclic) bond motifs is 2. The standard InChI is InChI=1S/C20H24N6/c1-12-16(3-4-19-17(12)11-26(2)25-19)18-5-6-20(24-23-18)22-15-7-13-9-21-10-14(13)8-15/h3-6,11,13-15,21H,7-10H2,1-2H3,(H,22,24)/t13-,14?,15+/m1/s1. The van der Waals surface area contributed by atoms with E-state index in [1.54, 1.807) is 0 Å². The minimum atomic E-state index is 0.528. The second-order valence-corrected chi connectivity index (χ2v) is 7.77. The zero-order chi connectivity index (χ0) is 17.7. The lowest BCUT2D eigenvalue weighted by atomic mass is 10.0. The molecule has 0 amide bonds. The Labute approximate surface area is 153 Å². The van der Waals surface area contributed by atoms with Crippen LogP contribution in [-0.4, -0.2) is 39.1 Å². The number of aryl methyl sites for hydroxylation is 2. The Hall–Kier alpha value is -2.47. The molecule has 0 spiro atoms. The molecule has 2 aliphatic rings. The summed E-state index contributed by atoms with van der Waals surface area (Å²) in [5, 5.41) is 21.6. The van der Waals surface area contributed by atoms with Crippen molar-refractivity contribution in [2.45, 2.75) is 25.8 Å². The lowest BCUT2D eigenvalue weighted by molar-refractivity contribution is 0.494. The predicted octanol–water partition coefficient (Wildman–Crippen LogP) is 2.75. The first kappa shape index (κ1) is 15.8. The van der Waals surface area contributed by atoms with Crippen LogP contribution in [0.3, 0.4) is 0 Å². The van der Waals surface area contributed by atoms with Gasteiger partial charge in [0.25, 0.3) is 0 Å². The average Bonchev–Trinajstić information content (AvgIpc) is 3.30. The average molecular weight is 348 g/mol. The van der Waals surface area contributed by atoms with Crippen LogP contribution in [-0.2, 0) is 7.05 Å². The molecule has 1 saturated heterocycles. The quantitative estimate of drug-likeness (QED) is 0.762. The van der Waals surface area contributed by atoms with Crippen molar-refractivity contribution in [3.05, 3.63) is 36.0 Å². The maximum absolute atomic E-state index is 4.49. The fourth-order valence-electron chi connectivity index (χ4n) is 4.67. The lowest BCUT2D eigenvalue weighted by Crippen LogP contribution is -2.21. The summed E-state index contributed by atoms with van der Waals surface area (Å²) >= 11 is 0. The van der Waals surface area contributed by atoms with Gasteiger partial charge < -0.3 is 10.6 Å². The largest absolute Gasteiger partial charge is 0.366 e. The van der Waals surface area contributed by atoms with Gasteiger partial charge in [0.05, 0.1) is 11.2 Å². The van der Waals surface area contributed by atoms with Crippen molar-refractivity contribution >= 4 is 16.7 Å². The fourth-order valence-corrected chi connectivity index (χ4v) is 4.67. The van der Waals surface area contributed by atoms with Crippen LogP contribution >= 0.6 is 0 Å². The smallest absolute Gasteiger partial charge is 0.148 e. The van der Waals surface area contributed by atoms with E-state index in [0.717, 1.165) is 34.4 Å². The molecule has 26 heavy (non-hydrogen) atoms. The SMILES string of the molecule is Cc1c(-c2ccc(N[C@@H]3CC4CNC[C@H]4C3)nn2)ccc2nn(C)cc12. The number of nitrogens with one attached hydrogen (secondary N) is 2. The van der Waals surface area contributed by atoms with Gasteiger partial charge in [0.2, 0.25) is 0 Å². The third-order valence-electron chi connectivity index (χ3n) is 6.02. The molecule has 1 aromatic carbocycles. The van der Waals surface area contributed by atoms with Crippen LogP contribution in [0.4, 0.5) is 5.82 Å². The number of nitrogens with zero attached hydrogens (tertiary/aromatic N) is 4. The maximum atomic E-state index is 4.49. The van der Waals surface area contributed by atoms with Gasteiger partial charge in [0.15, 0.2) is 0 Å². The molecule has 3 atom stereocenters. The van der Waals surface area contributed by atoms with Crippen LogP contribution < -0.4 is 10.6 Å². The molecule has 1 saturated carbocycles. The maximum Gasteiger partial charge on any atom is 0.148 e. The van der Waals surface area contributed by atoms with E-state index in [-0.39, 0.29) is 0 Å². The van der Waals surface area contributed by atoms with Gasteiger partial charge in [-0.2, -0.15) is 5.10 Å². The Morgan fingerprint density at radius 3 is 2.62 bits per heavy atom. The number of hydrogen-bond donors (Lipinski definition) is 2. The highest BCUT2D eigenvalue weighted by molar-refractivity contribution is 5.88. The minimum absolute atomic E-state index is 0.528. The van der Waals surface area contributed by atoms with Crippen molar-refractivity contribution in [1.29, 1.82) is 0 Å². The predicted molar refractivity (Wildman–Crippen MR) is 103 cm³/mol. The molecule has 2 N–H and O–H groups in total. The number of hydrogen-bond acceptors (Lipinski definition) is 5. The highest BCUT2D eigenvalue weighted by Crippen LogP contribution is 2.35. The monoisotopic (exact) mass is 348 g/mol. The molecule has 3 heterocycles. The number of rotatable bonds is 3. The summed E-state index contributed by atoms with van der Waals surface area (Å²) in [5.74, 6) is 2.54. The molecule has 1 unspecified atom stereocenters. The van der Waals surface area contributed by atoms with Crippen LogP contribution in [0.5, 0.6) is 0 Å². The van der Waals surface area contributed by atoms with Crippen LogP contribution in [0.2, 0.25) is 0 Å². The highest BCUT2D eigenvalue weighted by atomic mass is 15.2. The summed E-state index contributed by atoms with van der Waals surface area (Å²) in [7, 11) is 1.95. The third kappa shape index (κ3) is 2.65. The molecule has 6 nitrogen and oxygen atoms in total. The Morgan fingerprint density at radius 1 is 1.08 bits per heavy atom. The van der Waals surface area contributed by atoms with Crippen molar-refractivity contribution in [1.82, 2.24) is 25.3 Å². The van der Waals surface area contributed by atoms with Crippen molar-refractivity contribution in [3.63, 3.8) is 0 Å². The van der Waals surface area contributed by atoms with Gasteiger partial charge >= 0.3 is 0 Å². The highest BCUT2D eigenvalue weighted by Gasteiger charge is 2.37. The van der Waals surface area contributed by atoms with E-state index in [9.17, 15) is 0 Å². The molecule has 5 rings (SSSR count). The van der Waals surface area contributed by atoms with E-state index in [1.807, 2.05) is 11.7 Å². The zero-order valence-electron chi connectivity index (χ0n) is 15.2. The van der Waals surface area contributed by atoms with E-state index in [1.165, 1.54) is 36.9 Å². The molecule has 0 radical (unpaired) electrons. The molecular formula is C20H24N6. The first-order chi connectivity index (χ1) is 12.7. The van der Waals surface area contributed by atoms with Crippen molar-refractivity contribution in [3.8, 4) is 11.3 Å². The summed E-state index contributed by atoms with van der Waals surface area (Å²) in [6, 6.07) is 8.79. The fraction of sp³-hybridized carbons (Fsp3) is 0.450. The van der Waals surface area contributed by atoms with Crippen LogP contribution in [0.1, 0.15) is 18.4 Å². The van der Waals surface area contributed by atoms with E-state index in [0.29, 0.717) is 6.04 Å². The van der Waals surface area contributed by atoms with Gasteiger partial charge in [-0.25, -0.2) is 0 Å². The second kappa shape index (κ2) is 6.06. The summed E-state index contributed by atoms with van der Waals surface area (Å²) < 4.78 is 1.85. The summed E-state index contributed by atoms with van der Waals surface area (Å²) in [5.41, 5.74) is 4.24. The first-order valence-corrected chi connectivity index (χ1v) is 9.41. The van der Waals surface area contributed by atoms with Crippen LogP contribution in [0, 0.1) is 18.8 Å². The van der Waals surface area contributed by atoms with E-state index in [2.05, 4.69) is 63.3 Å². The minimum Gasteiger partial charge on any atom is -0.366 e. The zero-order valence-corrected chi connectivity index (χ0v) is 15.2. The Bertz CT molecular complexity index is 933. The Kier molecular flexibility index (Phi) is 3.67. The van der Waals surface area contributed by atoms with Gasteiger partial charge in [0, 0.05) is 30.2 Å². The van der Waals surface area contributed by atoms with E-state index >= 15 is 0 Å². The number of aromatic nitrogens is 4. The molecule has 2 fully saturated rings. The second-order valence-electron chi connectivity index (χ2n) is 7.77. The summed E-state index contributed by atoms with van der Waals surface area (Å²) in [4.78, 5) is 0. The normalized spacial score (nSPS) is 24.9. The van der Waals surface area contributed by atoms with Crippen molar-refractivity contribution in [2.24, 2.45) is 18.9 Å². The molecular weight excluding hydrogens is 324 g/mol. The van der Waals surface area contributed by atoms with Gasteiger partial charge in [-0.3, -0.25) is 4.68 Å². The van der Waals surface area contributed by atoms with Crippen molar-refractivity contribution < 1.29 is 0 Å². The first-order valence-electron chi connectivity index (χ1n) is 9.41. The van der Waals surface area contributed by atoms with Crippen molar-refractivity contribution in [2.75, 3.05) is 18.4 Å². The summed E-state index contributed by atoms with van der Waals surface area (Å²) in [6.07, 6.45) is 4.53. The Morgan fingerprint density at radius 2 is 1.88 bits per heavy atom. The van der Waals surface area contributed by atoms with Gasteiger partial charge in [-0.05, 0) is 68.5 Å². The topological polar surface area (TPSA) is 67.7 Å². The van der Waals surface area contributed by atoms with E-state index in [4.69, 9.17) is 0 Å². The molecule has 1 aliphatic heterocycles. The van der Waals surface area contributed by atoms with Crippen LogP contribution in [0.25, 0.3) is 22.2 Å². The molecule has 6 heteroatoms. The van der Waals surface area contributed by atoms with Gasteiger partial charge in [-0.15, -0.1) is 10.2 Å². The van der Waals surface area contributed by atoms with Crippen LogP contribution in [0.15, 0.2) is 30.5 Å². The molecule has 2 aromatic heterocycles. The lowest BCUT2D eigenvalue weighted by Gasteiger charge is -2.14. The van der Waals surface area contributed by atoms with Gasteiger partial charge in [-0.1, -0.05) is 6.07 Å².